The lowest BCUT2D eigenvalue weighted by molar-refractivity contribution is -0.137. The first kappa shape index (κ1) is 15.5. The lowest BCUT2D eigenvalue weighted by atomic mass is 10.0. The second-order valence-corrected chi connectivity index (χ2v) is 4.77. The second kappa shape index (κ2) is 5.85. The number of aliphatic hydroxyl groups is 1. The molecule has 1 aromatic carbocycles. The van der Waals surface area contributed by atoms with E-state index in [-0.39, 0.29) is 12.0 Å². The molecule has 1 N–H and O–H groups in total. The lowest BCUT2D eigenvalue weighted by Crippen LogP contribution is -2.09. The molecule has 0 saturated heterocycles. The Morgan fingerprint density at radius 2 is 2.00 bits per heavy atom. The van der Waals surface area contributed by atoms with E-state index in [2.05, 4.69) is 5.10 Å². The highest BCUT2D eigenvalue weighted by atomic mass is 19.4. The summed E-state index contributed by atoms with van der Waals surface area (Å²) in [4.78, 5) is 0. The van der Waals surface area contributed by atoms with Crippen LogP contribution in [-0.2, 0) is 19.6 Å². The van der Waals surface area contributed by atoms with Gasteiger partial charge < -0.3 is 5.11 Å². The minimum Gasteiger partial charge on any atom is -0.388 e. The number of nitrogens with zero attached hydrogens (tertiary/aromatic N) is 2. The van der Waals surface area contributed by atoms with Crippen molar-refractivity contribution in [2.24, 2.45) is 7.05 Å². The molecule has 0 amide bonds. The molecule has 1 atom stereocenters. The first-order valence-electron chi connectivity index (χ1n) is 6.30. The van der Waals surface area contributed by atoms with E-state index in [4.69, 9.17) is 0 Å². The third-order valence-corrected chi connectivity index (χ3v) is 3.23. The van der Waals surface area contributed by atoms with E-state index in [1.54, 1.807) is 24.0 Å². The molecule has 1 unspecified atom stereocenters. The molecule has 114 valence electrons. The summed E-state index contributed by atoms with van der Waals surface area (Å²) in [7, 11) is 1.73. The molecule has 2 aromatic rings. The van der Waals surface area contributed by atoms with Gasteiger partial charge in [-0.1, -0.05) is 0 Å². The number of alkyl halides is 3. The minimum absolute atomic E-state index is 0.0792. The Morgan fingerprint density at radius 1 is 1.29 bits per heavy atom. The molecule has 0 saturated carbocycles. The molecule has 0 aliphatic heterocycles. The largest absolute Gasteiger partial charge is 0.416 e. The Hall–Kier alpha value is -1.89. The van der Waals surface area contributed by atoms with Gasteiger partial charge in [-0.2, -0.15) is 18.3 Å². The van der Waals surface area contributed by atoms with E-state index in [0.717, 1.165) is 17.8 Å². The van der Waals surface area contributed by atoms with Crippen LogP contribution in [0, 0.1) is 5.82 Å². The first-order valence-corrected chi connectivity index (χ1v) is 6.30. The van der Waals surface area contributed by atoms with Crippen molar-refractivity contribution in [2.75, 3.05) is 0 Å². The van der Waals surface area contributed by atoms with Crippen molar-refractivity contribution in [3.63, 3.8) is 0 Å². The average Bonchev–Trinajstić information content (AvgIpc) is 2.79. The highest BCUT2D eigenvalue weighted by Gasteiger charge is 2.31. The quantitative estimate of drug-likeness (QED) is 0.881. The SMILES string of the molecule is Cn1nccc1CCC(O)c1cc(F)cc(C(F)(F)F)c1. The fourth-order valence-electron chi connectivity index (χ4n) is 2.07. The van der Waals surface area contributed by atoms with Crippen LogP contribution in [0.5, 0.6) is 0 Å². The molecule has 2 rings (SSSR count). The zero-order valence-electron chi connectivity index (χ0n) is 11.2. The van der Waals surface area contributed by atoms with Gasteiger partial charge in [0.15, 0.2) is 0 Å². The van der Waals surface area contributed by atoms with E-state index in [1.165, 1.54) is 0 Å². The van der Waals surface area contributed by atoms with Gasteiger partial charge in [0.1, 0.15) is 5.82 Å². The van der Waals surface area contributed by atoms with E-state index in [9.17, 15) is 22.7 Å². The summed E-state index contributed by atoms with van der Waals surface area (Å²) in [5.74, 6) is -1.01. The predicted octanol–water partition coefficient (Wildman–Crippen LogP) is 3.24. The van der Waals surface area contributed by atoms with Gasteiger partial charge in [-0.25, -0.2) is 4.39 Å². The molecular weight excluding hydrogens is 288 g/mol. The number of benzene rings is 1. The summed E-state index contributed by atoms with van der Waals surface area (Å²) in [6.07, 6.45) is -3.61. The van der Waals surface area contributed by atoms with Crippen LogP contribution in [0.15, 0.2) is 30.5 Å². The van der Waals surface area contributed by atoms with Crippen molar-refractivity contribution in [3.8, 4) is 0 Å². The van der Waals surface area contributed by atoms with Crippen LogP contribution in [0.25, 0.3) is 0 Å². The summed E-state index contributed by atoms with van der Waals surface area (Å²) in [5.41, 5.74) is -0.344. The topological polar surface area (TPSA) is 38.0 Å². The minimum atomic E-state index is -4.64. The van der Waals surface area contributed by atoms with Crippen LogP contribution in [0.1, 0.15) is 29.3 Å². The second-order valence-electron chi connectivity index (χ2n) is 4.77. The Kier molecular flexibility index (Phi) is 4.32. The van der Waals surface area contributed by atoms with Gasteiger partial charge >= 0.3 is 6.18 Å². The normalized spacial score (nSPS) is 13.4. The molecular formula is C14H14F4N2O. The highest BCUT2D eigenvalue weighted by molar-refractivity contribution is 5.28. The predicted molar refractivity (Wildman–Crippen MR) is 67.9 cm³/mol. The fraction of sp³-hybridized carbons (Fsp3) is 0.357. The van der Waals surface area contributed by atoms with Crippen LogP contribution in [0.4, 0.5) is 17.6 Å². The molecule has 21 heavy (non-hydrogen) atoms. The summed E-state index contributed by atoms with van der Waals surface area (Å²) in [6, 6.07) is 3.86. The molecule has 0 radical (unpaired) electrons. The van der Waals surface area contributed by atoms with E-state index in [1.807, 2.05) is 0 Å². The zero-order chi connectivity index (χ0) is 15.6. The fourth-order valence-corrected chi connectivity index (χ4v) is 2.07. The lowest BCUT2D eigenvalue weighted by Gasteiger charge is -2.14. The molecule has 0 spiro atoms. The molecule has 1 aromatic heterocycles. The monoisotopic (exact) mass is 302 g/mol. The van der Waals surface area contributed by atoms with Crippen molar-refractivity contribution in [1.29, 1.82) is 0 Å². The molecule has 7 heteroatoms. The molecule has 3 nitrogen and oxygen atoms in total. The summed E-state index contributed by atoms with van der Waals surface area (Å²) in [6.45, 7) is 0. The number of aliphatic hydroxyl groups excluding tert-OH is 1. The number of aromatic nitrogens is 2. The van der Waals surface area contributed by atoms with Crippen molar-refractivity contribution < 1.29 is 22.7 Å². The number of aryl methyl sites for hydroxylation is 2. The number of rotatable bonds is 4. The van der Waals surface area contributed by atoms with Gasteiger partial charge in [-0.05, 0) is 42.7 Å². The van der Waals surface area contributed by atoms with E-state index < -0.39 is 23.7 Å². The van der Waals surface area contributed by atoms with Crippen LogP contribution in [-0.4, -0.2) is 14.9 Å². The Labute approximate surface area is 118 Å². The van der Waals surface area contributed by atoms with Crippen molar-refractivity contribution in [1.82, 2.24) is 9.78 Å². The van der Waals surface area contributed by atoms with Crippen molar-refractivity contribution in [2.45, 2.75) is 25.1 Å². The van der Waals surface area contributed by atoms with Crippen LogP contribution >= 0.6 is 0 Å². The Bertz CT molecular complexity index is 622. The van der Waals surface area contributed by atoms with Gasteiger partial charge in [0, 0.05) is 18.9 Å². The summed E-state index contributed by atoms with van der Waals surface area (Å²) in [5, 5.41) is 13.9. The zero-order valence-corrected chi connectivity index (χ0v) is 11.2. The van der Waals surface area contributed by atoms with E-state index >= 15 is 0 Å². The maximum atomic E-state index is 13.3. The van der Waals surface area contributed by atoms with Gasteiger partial charge in [0.25, 0.3) is 0 Å². The van der Waals surface area contributed by atoms with Crippen LogP contribution in [0.3, 0.4) is 0 Å². The molecule has 0 fully saturated rings. The molecule has 1 heterocycles. The average molecular weight is 302 g/mol. The molecule has 0 bridgehead atoms. The summed E-state index contributed by atoms with van der Waals surface area (Å²) < 4.78 is 52.7. The molecule has 0 aliphatic carbocycles. The van der Waals surface area contributed by atoms with Crippen molar-refractivity contribution in [3.05, 3.63) is 53.1 Å². The number of hydrogen-bond acceptors (Lipinski definition) is 2. The molecule has 0 aliphatic rings. The van der Waals surface area contributed by atoms with Crippen LogP contribution in [0.2, 0.25) is 0 Å². The Balaban J connectivity index is 2.14. The van der Waals surface area contributed by atoms with Gasteiger partial charge in [-0.15, -0.1) is 0 Å². The maximum Gasteiger partial charge on any atom is 0.416 e. The van der Waals surface area contributed by atoms with Crippen LogP contribution < -0.4 is 0 Å². The number of halogens is 4. The Morgan fingerprint density at radius 3 is 2.57 bits per heavy atom. The van der Waals surface area contributed by atoms with E-state index in [0.29, 0.717) is 12.5 Å². The standard InChI is InChI=1S/C14H14F4N2O/c1-20-12(4-5-19-20)2-3-13(21)9-6-10(14(16,17)18)8-11(15)7-9/h4-8,13,21H,2-3H2,1H3. The first-order chi connectivity index (χ1) is 9.77. The maximum absolute atomic E-state index is 13.3. The van der Waals surface area contributed by atoms with Gasteiger partial charge in [0.05, 0.1) is 11.7 Å². The smallest absolute Gasteiger partial charge is 0.388 e. The van der Waals surface area contributed by atoms with Gasteiger partial charge in [0.2, 0.25) is 0 Å². The number of hydrogen-bond donors (Lipinski definition) is 1. The third-order valence-electron chi connectivity index (χ3n) is 3.23. The third kappa shape index (κ3) is 3.81. The van der Waals surface area contributed by atoms with Gasteiger partial charge in [-0.3, -0.25) is 4.68 Å². The summed E-state index contributed by atoms with van der Waals surface area (Å²) >= 11 is 0. The highest BCUT2D eigenvalue weighted by Crippen LogP contribution is 2.32. The van der Waals surface area contributed by atoms with Crippen molar-refractivity contribution >= 4 is 0 Å².